The van der Waals surface area contributed by atoms with Gasteiger partial charge in [0.05, 0.1) is 5.69 Å². The maximum Gasteiger partial charge on any atom is 0.522 e. The molecule has 0 bridgehead atoms. The molecule has 4 aliphatic carbocycles. The van der Waals surface area contributed by atoms with Gasteiger partial charge in [0, 0.05) is 127 Å². The van der Waals surface area contributed by atoms with Crippen LogP contribution in [0.2, 0.25) is 0 Å². The normalized spacial score (nSPS) is 19.6. The molecule has 0 saturated heterocycles. The number of halogens is 3. The van der Waals surface area contributed by atoms with Gasteiger partial charge in [-0.25, -0.2) is 0 Å². The maximum absolute atomic E-state index is 10.7. The van der Waals surface area contributed by atoms with E-state index in [0.29, 0.717) is 72.7 Å². The second-order valence-corrected chi connectivity index (χ2v) is 22.7. The summed E-state index contributed by atoms with van der Waals surface area (Å²) in [6.45, 7) is -9.70. The third-order valence-electron chi connectivity index (χ3n) is 15.0. The zero-order valence-electron chi connectivity index (χ0n) is 74.5. The Kier molecular flexibility index (Phi) is 17.3. The predicted molar refractivity (Wildman–Crippen MR) is 377 cm³/mol. The number of fused-ring (bicyclic) bond motifs is 10. The monoisotopic (exact) mass is 1710 g/mol. The number of aromatic nitrogens is 5. The molecule has 0 spiro atoms. The Morgan fingerprint density at radius 2 is 0.847 bits per heavy atom. The second kappa shape index (κ2) is 33.6. The molecule has 2 atom stereocenters. The number of rotatable bonds is 3. The van der Waals surface area contributed by atoms with E-state index < -0.39 is 80.3 Å². The number of hydrogen-bond donors (Lipinski definition) is 3. The summed E-state index contributed by atoms with van der Waals surface area (Å²) in [5.41, 5.74) is 6.55. The van der Waals surface area contributed by atoms with Crippen molar-refractivity contribution in [2.45, 2.75) is 84.0 Å². The molecular weight excluding hydrogens is 1610 g/mol. The molecule has 506 valence electrons. The summed E-state index contributed by atoms with van der Waals surface area (Å²) in [6, 6.07) is 67.8. The van der Waals surface area contributed by atoms with Crippen molar-refractivity contribution in [3.63, 3.8) is 0 Å². The van der Waals surface area contributed by atoms with Crippen molar-refractivity contribution in [2.24, 2.45) is 0 Å². The molecule has 16 heteroatoms. The molecule has 0 aliphatic heterocycles. The molecule has 4 aliphatic rings. The molecule has 0 saturated carbocycles. The first-order valence-corrected chi connectivity index (χ1v) is 30.6. The number of aliphatic hydroxyl groups is 2. The predicted octanol–water partition coefficient (Wildman–Crippen LogP) is 18.1. The zero-order valence-corrected chi connectivity index (χ0v) is 58.1. The minimum Gasteiger partial charge on any atom is -0.400 e. The molecule has 3 N–H and O–H groups in total. The van der Waals surface area contributed by atoms with Gasteiger partial charge in [0.25, 0.3) is 0 Å². The van der Waals surface area contributed by atoms with Gasteiger partial charge in [-0.05, 0) is 129 Å². The smallest absolute Gasteiger partial charge is 0.400 e. The summed E-state index contributed by atoms with van der Waals surface area (Å²) in [4.78, 5) is 21.3. The molecule has 2 unspecified atom stereocenters. The van der Waals surface area contributed by atoms with Crippen LogP contribution in [0.5, 0.6) is 0 Å². The van der Waals surface area contributed by atoms with Gasteiger partial charge in [0.15, 0.2) is 0 Å². The van der Waals surface area contributed by atoms with Gasteiger partial charge in [-0.2, -0.15) is 21.6 Å². The van der Waals surface area contributed by atoms with Crippen LogP contribution in [0.15, 0.2) is 225 Å². The summed E-state index contributed by atoms with van der Waals surface area (Å²) >= 11 is 0. The molecule has 5 heterocycles. The molecule has 98 heavy (non-hydrogen) atoms. The van der Waals surface area contributed by atoms with E-state index in [2.05, 4.69) is 49.2 Å². The number of alkyl halides is 3. The van der Waals surface area contributed by atoms with Crippen molar-refractivity contribution < 1.29 is 107 Å². The molecule has 16 rings (SSSR count). The first kappa shape index (κ1) is 50.5. The average Bonchev–Trinajstić information content (AvgIpc) is 1.48. The van der Waals surface area contributed by atoms with E-state index in [4.69, 9.17) is 53.3 Å². The largest absolute Gasteiger partial charge is 0.522 e. The van der Waals surface area contributed by atoms with Crippen molar-refractivity contribution in [1.82, 2.24) is 24.9 Å². The standard InChI is InChI=1S/C20H15N.C20H14N.3C13H12N.CHF3O3S.2CH4O.2Ir/c2*1-20-12-13-6-5-11-21-19(13)16-9-4-8-15(18(16)20)14-7-2-3-10-17(14)20;3*1-10-3-6-12(7-4-10)13-8-5-11(2)9-14-13;2-1(3,4)8(5,6)7;2*1-2;;/h2-11H,12H2,1H3;2-8,10-11H,12H2,1H3;3*3-6,8-9H,1-2H3;(H,5,6,7);2*2H,1H3;;/q;4*-1;;;;;/i2*1D3,12D2;1D3,2D3;2D3;1D3;;;;;. The topological polar surface area (TPSA) is 159 Å². The fourth-order valence-electron chi connectivity index (χ4n) is 10.7. The van der Waals surface area contributed by atoms with Crippen LogP contribution < -0.4 is 0 Å². The minimum absolute atomic E-state index is 0. The second-order valence-electron chi connectivity index (χ2n) is 21.3. The summed E-state index contributed by atoms with van der Waals surface area (Å²) in [6.07, 6.45) is 3.43. The Labute approximate surface area is 631 Å². The van der Waals surface area contributed by atoms with Gasteiger partial charge in [-0.3, -0.25) is 9.54 Å². The number of hydrogen-bond acceptors (Lipinski definition) is 9. The van der Waals surface area contributed by atoms with Gasteiger partial charge in [-0.1, -0.05) is 161 Å². The molecular formula is C82H74F3Ir2N5O5S-4. The fourth-order valence-corrected chi connectivity index (χ4v) is 10.7. The Morgan fingerprint density at radius 1 is 0.449 bits per heavy atom. The number of pyridine rings is 5. The molecule has 5 aromatic heterocycles. The molecule has 0 fully saturated rings. The van der Waals surface area contributed by atoms with E-state index in [1.165, 1.54) is 36.7 Å². The van der Waals surface area contributed by atoms with E-state index in [0.717, 1.165) is 70.1 Å². The van der Waals surface area contributed by atoms with Gasteiger partial charge in [-0.15, -0.1) is 136 Å². The van der Waals surface area contributed by atoms with Crippen LogP contribution in [0.25, 0.3) is 78.5 Å². The van der Waals surface area contributed by atoms with Crippen molar-refractivity contribution in [1.29, 1.82) is 0 Å². The summed E-state index contributed by atoms with van der Waals surface area (Å²) < 4.78 is 231. The van der Waals surface area contributed by atoms with Crippen LogP contribution >= 0.6 is 0 Å². The first-order chi connectivity index (χ1) is 55.0. The van der Waals surface area contributed by atoms with E-state index in [1.54, 1.807) is 110 Å². The Hall–Kier alpha value is -8.79. The third kappa shape index (κ3) is 17.2. The summed E-state index contributed by atoms with van der Waals surface area (Å²) in [5, 5.41) is 14.0. The first-order valence-electron chi connectivity index (χ1n) is 40.1. The summed E-state index contributed by atoms with van der Waals surface area (Å²) in [5.74, 6) is 0. The number of benzene rings is 7. The Balaban J connectivity index is 0.000000201. The van der Waals surface area contributed by atoms with Crippen LogP contribution in [0.1, 0.15) is 111 Å². The quantitative estimate of drug-likeness (QED) is 0.0883. The van der Waals surface area contributed by atoms with Crippen molar-refractivity contribution >= 4 is 10.1 Å². The van der Waals surface area contributed by atoms with Crippen LogP contribution in [0.3, 0.4) is 0 Å². The Bertz CT molecular complexity index is 5330. The van der Waals surface area contributed by atoms with Crippen LogP contribution in [0, 0.1) is 65.5 Å². The Morgan fingerprint density at radius 3 is 1.28 bits per heavy atom. The molecule has 12 aromatic rings. The van der Waals surface area contributed by atoms with Gasteiger partial charge < -0.3 is 30.1 Å². The molecule has 10 nitrogen and oxygen atoms in total. The maximum atomic E-state index is 10.7. The fraction of sp³-hybridized carbons (Fsp3) is 0.183. The van der Waals surface area contributed by atoms with E-state index >= 15 is 0 Å². The van der Waals surface area contributed by atoms with Crippen LogP contribution in [-0.2, 0) is 73.9 Å². The number of nitrogens with zero attached hydrogens (tertiary/aromatic N) is 5. The number of aliphatic hydroxyl groups excluding tert-OH is 2. The van der Waals surface area contributed by atoms with Crippen molar-refractivity contribution in [3.8, 4) is 78.5 Å². The van der Waals surface area contributed by atoms with Crippen molar-refractivity contribution in [3.05, 3.63) is 316 Å². The van der Waals surface area contributed by atoms with Gasteiger partial charge >= 0.3 is 15.6 Å². The SMILES string of the molecule is CO.CO.O=S(=O)(O)C(F)(F)F.[2H]C([2H])([2H])C12c3ccccc3-c3cc[c-]c(c31)-c1ncccc1C2([2H])[2H].[2H]C([2H])([2H])C12c3ccccc3-c3cccc(c31)-c1ncccc1C2([2H])[2H].[2H]C([2H])([2H])c1c[c-]c(-c2ccc(C([2H])([2H])[2H])cn2)cc1.[2H]C([2H])([2H])c1c[c-]c(-c2ccc(C)cn2)cc1.[2H]C([2H])([2H])c1ccc(-c2[c-]cc(C)cc2)nc1.[Ir].[Ir]. The third-order valence-corrected chi connectivity index (χ3v) is 15.5. The van der Waals surface area contributed by atoms with Crippen molar-refractivity contribution in [2.75, 3.05) is 14.2 Å². The zero-order chi connectivity index (χ0) is 87.5. The van der Waals surface area contributed by atoms with Gasteiger partial charge in [0.1, 0.15) is 0 Å². The molecule has 7 aromatic carbocycles. The average molecular weight is 1710 g/mol. The molecule has 0 amide bonds. The van der Waals surface area contributed by atoms with Gasteiger partial charge in [0.2, 0.25) is 0 Å². The van der Waals surface area contributed by atoms with Crippen LogP contribution in [-0.4, -0.2) is 67.8 Å². The number of aryl methyl sites for hydroxylation is 6. The van der Waals surface area contributed by atoms with Crippen LogP contribution in [0.4, 0.5) is 13.2 Å². The molecule has 2 radical (unpaired) electrons. The minimum atomic E-state index is -5.84. The van der Waals surface area contributed by atoms with E-state index in [-0.39, 0.29) is 56.9 Å². The van der Waals surface area contributed by atoms with E-state index in [1.807, 2.05) is 92.7 Å². The summed E-state index contributed by atoms with van der Waals surface area (Å²) in [7, 11) is -3.84. The van der Waals surface area contributed by atoms with E-state index in [9.17, 15) is 13.2 Å².